The third-order valence-electron chi connectivity index (χ3n) is 2.93. The Bertz CT molecular complexity index is 468. The maximum Gasteiger partial charge on any atom is 0.0975 e. The first-order chi connectivity index (χ1) is 8.75. The first-order valence-electron chi connectivity index (χ1n) is 6.26. The number of rotatable bonds is 5. The van der Waals surface area contributed by atoms with Crippen LogP contribution in [0, 0.1) is 6.92 Å². The molecule has 0 saturated heterocycles. The van der Waals surface area contributed by atoms with Gasteiger partial charge in [0.1, 0.15) is 0 Å². The highest BCUT2D eigenvalue weighted by molar-refractivity contribution is 5.14. The summed E-state index contributed by atoms with van der Waals surface area (Å²) >= 11 is 0. The quantitative estimate of drug-likeness (QED) is 0.877. The second-order valence-corrected chi connectivity index (χ2v) is 4.48. The van der Waals surface area contributed by atoms with E-state index < -0.39 is 6.10 Å². The van der Waals surface area contributed by atoms with Gasteiger partial charge < -0.3 is 5.11 Å². The molecule has 0 spiro atoms. The van der Waals surface area contributed by atoms with E-state index in [2.05, 4.69) is 22.1 Å². The molecule has 1 atom stereocenters. The van der Waals surface area contributed by atoms with Crippen LogP contribution in [-0.2, 0) is 6.42 Å². The number of nitrogens with zero attached hydrogens (tertiary/aromatic N) is 2. The van der Waals surface area contributed by atoms with Crippen LogP contribution in [0.2, 0.25) is 0 Å². The summed E-state index contributed by atoms with van der Waals surface area (Å²) in [7, 11) is 0. The Morgan fingerprint density at radius 3 is 2.56 bits per heavy atom. The van der Waals surface area contributed by atoms with Crippen molar-refractivity contribution in [3.05, 3.63) is 59.7 Å². The van der Waals surface area contributed by atoms with Crippen molar-refractivity contribution >= 4 is 0 Å². The Kier molecular flexibility index (Phi) is 4.42. The Hall–Kier alpha value is -1.74. The third kappa shape index (κ3) is 3.64. The van der Waals surface area contributed by atoms with E-state index in [1.165, 1.54) is 5.56 Å². The minimum absolute atomic E-state index is 0.512. The van der Waals surface area contributed by atoms with Gasteiger partial charge in [-0.3, -0.25) is 9.97 Å². The molecule has 1 N–H and O–H groups in total. The van der Waals surface area contributed by atoms with E-state index in [9.17, 15) is 5.11 Å². The summed E-state index contributed by atoms with van der Waals surface area (Å²) in [6, 6.07) is 10.3. The molecule has 3 heteroatoms. The van der Waals surface area contributed by atoms with E-state index >= 15 is 0 Å². The first-order valence-corrected chi connectivity index (χ1v) is 6.26. The molecule has 0 radical (unpaired) electrons. The van der Waals surface area contributed by atoms with Gasteiger partial charge in [0.15, 0.2) is 0 Å². The Balaban J connectivity index is 1.81. The topological polar surface area (TPSA) is 46.0 Å². The molecule has 94 valence electrons. The van der Waals surface area contributed by atoms with E-state index in [4.69, 9.17) is 0 Å². The lowest BCUT2D eigenvalue weighted by Crippen LogP contribution is -2.02. The summed E-state index contributed by atoms with van der Waals surface area (Å²) in [6.45, 7) is 1.89. The molecule has 1 heterocycles. The van der Waals surface area contributed by atoms with Crippen LogP contribution in [0.25, 0.3) is 0 Å². The lowest BCUT2D eigenvalue weighted by atomic mass is 10.0. The summed E-state index contributed by atoms with van der Waals surface area (Å²) in [4.78, 5) is 8.34. The zero-order valence-electron chi connectivity index (χ0n) is 10.6. The summed E-state index contributed by atoms with van der Waals surface area (Å²) in [6.07, 6.45) is 5.48. The van der Waals surface area contributed by atoms with Crippen LogP contribution < -0.4 is 0 Å². The fourth-order valence-electron chi connectivity index (χ4n) is 1.87. The van der Waals surface area contributed by atoms with Crippen molar-refractivity contribution < 1.29 is 5.11 Å². The molecule has 0 aliphatic carbocycles. The van der Waals surface area contributed by atoms with E-state index in [0.29, 0.717) is 12.1 Å². The minimum Gasteiger partial charge on any atom is -0.387 e. The molecule has 0 aliphatic rings. The zero-order valence-corrected chi connectivity index (χ0v) is 10.6. The van der Waals surface area contributed by atoms with Gasteiger partial charge in [0.25, 0.3) is 0 Å². The minimum atomic E-state index is -0.512. The number of aliphatic hydroxyl groups excluding tert-OH is 1. The van der Waals surface area contributed by atoms with Crippen molar-refractivity contribution in [3.8, 4) is 0 Å². The molecular formula is C15H18N2O. The number of aliphatic hydroxyl groups is 1. The van der Waals surface area contributed by atoms with Gasteiger partial charge in [-0.1, -0.05) is 30.3 Å². The largest absolute Gasteiger partial charge is 0.387 e. The standard InChI is InChI=1S/C15H18N2O/c1-12-10-17-14(11-16-12)15(18)9-5-8-13-6-3-2-4-7-13/h2-4,6-7,10-11,15,18H,5,8-9H2,1H3. The van der Waals surface area contributed by atoms with E-state index in [1.54, 1.807) is 12.4 Å². The van der Waals surface area contributed by atoms with E-state index in [1.807, 2.05) is 25.1 Å². The number of hydrogen-bond acceptors (Lipinski definition) is 3. The molecule has 1 aromatic carbocycles. The van der Waals surface area contributed by atoms with Crippen LogP contribution in [0.5, 0.6) is 0 Å². The molecule has 0 amide bonds. The highest BCUT2D eigenvalue weighted by Crippen LogP contribution is 2.16. The Morgan fingerprint density at radius 2 is 1.89 bits per heavy atom. The van der Waals surface area contributed by atoms with Crippen molar-refractivity contribution in [1.82, 2.24) is 9.97 Å². The fourth-order valence-corrected chi connectivity index (χ4v) is 1.87. The van der Waals surface area contributed by atoms with Gasteiger partial charge in [0.05, 0.1) is 23.7 Å². The second kappa shape index (κ2) is 6.26. The maximum atomic E-state index is 9.99. The summed E-state index contributed by atoms with van der Waals surface area (Å²) in [5.74, 6) is 0. The van der Waals surface area contributed by atoms with Crippen LogP contribution in [0.1, 0.15) is 35.9 Å². The molecule has 0 bridgehead atoms. The van der Waals surface area contributed by atoms with Gasteiger partial charge in [0, 0.05) is 6.20 Å². The molecule has 2 rings (SSSR count). The molecule has 1 unspecified atom stereocenters. The zero-order chi connectivity index (χ0) is 12.8. The Morgan fingerprint density at radius 1 is 1.11 bits per heavy atom. The molecule has 3 nitrogen and oxygen atoms in total. The van der Waals surface area contributed by atoms with Crippen LogP contribution in [0.15, 0.2) is 42.7 Å². The van der Waals surface area contributed by atoms with Crippen molar-refractivity contribution in [3.63, 3.8) is 0 Å². The fraction of sp³-hybridized carbons (Fsp3) is 0.333. The lowest BCUT2D eigenvalue weighted by Gasteiger charge is -2.09. The van der Waals surface area contributed by atoms with E-state index in [0.717, 1.165) is 18.5 Å². The average Bonchev–Trinajstić information content (AvgIpc) is 2.40. The van der Waals surface area contributed by atoms with Gasteiger partial charge in [0.2, 0.25) is 0 Å². The van der Waals surface area contributed by atoms with Crippen LogP contribution in [-0.4, -0.2) is 15.1 Å². The van der Waals surface area contributed by atoms with Crippen molar-refractivity contribution in [2.45, 2.75) is 32.3 Å². The summed E-state index contributed by atoms with van der Waals surface area (Å²) in [5, 5.41) is 9.99. The van der Waals surface area contributed by atoms with Crippen LogP contribution >= 0.6 is 0 Å². The molecular weight excluding hydrogens is 224 g/mol. The van der Waals surface area contributed by atoms with Crippen LogP contribution in [0.4, 0.5) is 0 Å². The Labute approximate surface area is 108 Å². The van der Waals surface area contributed by atoms with Gasteiger partial charge in [-0.15, -0.1) is 0 Å². The SMILES string of the molecule is Cc1cnc(C(O)CCCc2ccccc2)cn1. The monoisotopic (exact) mass is 242 g/mol. The molecule has 0 saturated carbocycles. The number of benzene rings is 1. The maximum absolute atomic E-state index is 9.99. The smallest absolute Gasteiger partial charge is 0.0975 e. The molecule has 18 heavy (non-hydrogen) atoms. The first kappa shape index (κ1) is 12.7. The van der Waals surface area contributed by atoms with Crippen molar-refractivity contribution in [2.75, 3.05) is 0 Å². The number of aromatic nitrogens is 2. The highest BCUT2D eigenvalue weighted by Gasteiger charge is 2.08. The summed E-state index contributed by atoms with van der Waals surface area (Å²) < 4.78 is 0. The highest BCUT2D eigenvalue weighted by atomic mass is 16.3. The third-order valence-corrected chi connectivity index (χ3v) is 2.93. The predicted octanol–water partition coefficient (Wildman–Crippen LogP) is 2.84. The van der Waals surface area contributed by atoms with Gasteiger partial charge in [-0.05, 0) is 31.7 Å². The van der Waals surface area contributed by atoms with Crippen molar-refractivity contribution in [1.29, 1.82) is 0 Å². The number of hydrogen-bond donors (Lipinski definition) is 1. The van der Waals surface area contributed by atoms with Gasteiger partial charge in [-0.25, -0.2) is 0 Å². The molecule has 0 aliphatic heterocycles. The summed E-state index contributed by atoms with van der Waals surface area (Å²) in [5.41, 5.74) is 2.84. The molecule has 0 fully saturated rings. The van der Waals surface area contributed by atoms with Crippen LogP contribution in [0.3, 0.4) is 0 Å². The van der Waals surface area contributed by atoms with Crippen molar-refractivity contribution in [2.24, 2.45) is 0 Å². The molecule has 1 aromatic heterocycles. The normalized spacial score (nSPS) is 12.3. The van der Waals surface area contributed by atoms with Gasteiger partial charge >= 0.3 is 0 Å². The van der Waals surface area contributed by atoms with Gasteiger partial charge in [-0.2, -0.15) is 0 Å². The molecule has 2 aromatic rings. The second-order valence-electron chi connectivity index (χ2n) is 4.48. The van der Waals surface area contributed by atoms with E-state index in [-0.39, 0.29) is 0 Å². The predicted molar refractivity (Wildman–Crippen MR) is 71.1 cm³/mol. The average molecular weight is 242 g/mol. The lowest BCUT2D eigenvalue weighted by molar-refractivity contribution is 0.159. The number of aryl methyl sites for hydroxylation is 2.